The van der Waals surface area contributed by atoms with Gasteiger partial charge in [0.05, 0.1) is 19.3 Å². The van der Waals surface area contributed by atoms with Gasteiger partial charge in [-0.3, -0.25) is 28.8 Å². The molecule has 0 aromatic carbocycles. The predicted molar refractivity (Wildman–Crippen MR) is 77.9 cm³/mol. The maximum absolute atomic E-state index is 10.0. The second-order valence-corrected chi connectivity index (χ2v) is 4.74. The van der Waals surface area contributed by atoms with Crippen molar-refractivity contribution in [2.75, 3.05) is 0 Å². The Balaban J connectivity index is -0.000000108. The van der Waals surface area contributed by atoms with Crippen molar-refractivity contribution in [1.29, 1.82) is 0 Å². The van der Waals surface area contributed by atoms with Gasteiger partial charge in [0.1, 0.15) is 34.7 Å². The van der Waals surface area contributed by atoms with Crippen LogP contribution in [0.1, 0.15) is 60.8 Å². The minimum absolute atomic E-state index is 0. The van der Waals surface area contributed by atoms with Gasteiger partial charge >= 0.3 is 0 Å². The molecule has 0 aliphatic heterocycles. The fourth-order valence-electron chi connectivity index (χ4n) is 1.05. The number of carbonyl (C=O) groups is 6. The SMILES string of the molecule is CC(=O)CC(C)=O.CC(=O)CC(C)=O.CC(=O)CC(C)=O.[Er]. The Hall–Kier alpha value is -0.733. The first-order chi connectivity index (χ1) is 9.38. The van der Waals surface area contributed by atoms with Crippen molar-refractivity contribution in [1.82, 2.24) is 0 Å². The molecular formula is C15H24ErO6. The van der Waals surface area contributed by atoms with Gasteiger partial charge in [0.15, 0.2) is 0 Å². The topological polar surface area (TPSA) is 102 Å². The average Bonchev–Trinajstić information content (AvgIpc) is 2.10. The largest absolute Gasteiger partial charge is 0.300 e. The first kappa shape index (κ1) is 29.3. The Kier molecular flexibility index (Phi) is 24.4. The number of hydrogen-bond donors (Lipinski definition) is 0. The summed E-state index contributed by atoms with van der Waals surface area (Å²) in [5.41, 5.74) is 0. The monoisotopic (exact) mass is 466 g/mol. The summed E-state index contributed by atoms with van der Waals surface area (Å²) < 4.78 is 0. The van der Waals surface area contributed by atoms with Gasteiger partial charge in [-0.2, -0.15) is 0 Å². The van der Waals surface area contributed by atoms with Gasteiger partial charge in [-0.25, -0.2) is 0 Å². The molecule has 0 radical (unpaired) electrons. The molecule has 0 atom stereocenters. The molecule has 0 amide bonds. The van der Waals surface area contributed by atoms with Crippen LogP contribution in [0.15, 0.2) is 0 Å². The minimum atomic E-state index is -0.0625. The molecule has 22 heavy (non-hydrogen) atoms. The summed E-state index contributed by atoms with van der Waals surface area (Å²) in [4.78, 5) is 60.2. The van der Waals surface area contributed by atoms with E-state index in [2.05, 4.69) is 0 Å². The Morgan fingerprint density at radius 1 is 0.409 bits per heavy atom. The van der Waals surface area contributed by atoms with Crippen molar-refractivity contribution in [2.24, 2.45) is 0 Å². The van der Waals surface area contributed by atoms with Crippen molar-refractivity contribution in [3.63, 3.8) is 0 Å². The summed E-state index contributed by atoms with van der Waals surface area (Å²) >= 11 is 0. The van der Waals surface area contributed by atoms with Gasteiger partial charge < -0.3 is 0 Å². The molecule has 0 unspecified atom stereocenters. The fraction of sp³-hybridized carbons (Fsp3) is 0.600. The van der Waals surface area contributed by atoms with E-state index in [4.69, 9.17) is 0 Å². The molecule has 0 spiro atoms. The summed E-state index contributed by atoms with van der Waals surface area (Å²) in [6.07, 6.45) is 0.250. The molecule has 0 N–H and O–H groups in total. The van der Waals surface area contributed by atoms with E-state index >= 15 is 0 Å². The van der Waals surface area contributed by atoms with E-state index in [0.717, 1.165) is 0 Å². The zero-order valence-corrected chi connectivity index (χ0v) is 15.7. The predicted octanol–water partition coefficient (Wildman–Crippen LogP) is 1.66. The van der Waals surface area contributed by atoms with Crippen LogP contribution in [0.2, 0.25) is 0 Å². The Labute approximate surface area is 161 Å². The third-order valence-electron chi connectivity index (χ3n) is 1.49. The molecule has 0 saturated carbocycles. The maximum Gasteiger partial charge on any atom is 0.137 e. The standard InChI is InChI=1S/3C5H8O2.Er/c3*1-4(6)3-5(2)7;/h3*3H2,1-2H3;. The van der Waals surface area contributed by atoms with Crippen LogP contribution in [0.3, 0.4) is 0 Å². The number of hydrogen-bond acceptors (Lipinski definition) is 6. The van der Waals surface area contributed by atoms with Crippen molar-refractivity contribution in [2.45, 2.75) is 60.8 Å². The number of Topliss-reactive ketones (excluding diaryl/α,β-unsaturated/α-hetero) is 6. The summed E-state index contributed by atoms with van der Waals surface area (Å²) in [5.74, 6) is -0.375. The molecule has 0 fully saturated rings. The molecule has 7 heteroatoms. The normalized spacial score (nSPS) is 7.91. The van der Waals surface area contributed by atoms with Crippen LogP contribution in [0, 0.1) is 37.3 Å². The molecular weight excluding hydrogens is 443 g/mol. The Morgan fingerprint density at radius 2 is 0.500 bits per heavy atom. The molecule has 0 aliphatic rings. The van der Waals surface area contributed by atoms with E-state index in [1.165, 1.54) is 41.5 Å². The molecule has 0 aliphatic carbocycles. The zero-order chi connectivity index (χ0) is 17.6. The first-order valence-electron chi connectivity index (χ1n) is 6.35. The molecule has 132 valence electrons. The molecule has 0 aromatic heterocycles. The first-order valence-corrected chi connectivity index (χ1v) is 6.35. The van der Waals surface area contributed by atoms with Crippen LogP contribution in [0.4, 0.5) is 0 Å². The summed E-state index contributed by atoms with van der Waals surface area (Å²) in [7, 11) is 0. The van der Waals surface area contributed by atoms with E-state index < -0.39 is 0 Å². The molecule has 0 heterocycles. The van der Waals surface area contributed by atoms with E-state index in [9.17, 15) is 28.8 Å². The number of carbonyl (C=O) groups excluding carboxylic acids is 6. The zero-order valence-electron chi connectivity index (χ0n) is 13.9. The molecule has 0 saturated heterocycles. The van der Waals surface area contributed by atoms with Crippen molar-refractivity contribution < 1.29 is 66.1 Å². The van der Waals surface area contributed by atoms with Gasteiger partial charge in [0.2, 0.25) is 0 Å². The molecule has 0 rings (SSSR count). The maximum atomic E-state index is 10.0. The number of rotatable bonds is 6. The van der Waals surface area contributed by atoms with Crippen molar-refractivity contribution >= 4 is 34.7 Å². The Morgan fingerprint density at radius 3 is 0.500 bits per heavy atom. The van der Waals surface area contributed by atoms with Crippen molar-refractivity contribution in [3.05, 3.63) is 0 Å². The Bertz CT molecular complexity index is 314. The summed E-state index contributed by atoms with van der Waals surface area (Å²) in [6, 6.07) is 0. The van der Waals surface area contributed by atoms with Crippen LogP contribution < -0.4 is 0 Å². The third kappa shape index (κ3) is 50.6. The molecule has 0 bridgehead atoms. The minimum Gasteiger partial charge on any atom is -0.300 e. The van der Waals surface area contributed by atoms with Gasteiger partial charge in [0, 0.05) is 37.3 Å². The van der Waals surface area contributed by atoms with E-state index in [1.54, 1.807) is 0 Å². The quantitative estimate of drug-likeness (QED) is 0.551. The van der Waals surface area contributed by atoms with Crippen LogP contribution in [-0.2, 0) is 28.8 Å². The van der Waals surface area contributed by atoms with Gasteiger partial charge in [-0.05, 0) is 41.5 Å². The van der Waals surface area contributed by atoms with Crippen LogP contribution in [-0.4, -0.2) is 34.7 Å². The van der Waals surface area contributed by atoms with Gasteiger partial charge in [0.25, 0.3) is 0 Å². The average molecular weight is 468 g/mol. The third-order valence-corrected chi connectivity index (χ3v) is 1.49. The van der Waals surface area contributed by atoms with Crippen LogP contribution >= 0.6 is 0 Å². The van der Waals surface area contributed by atoms with Gasteiger partial charge in [-0.15, -0.1) is 0 Å². The van der Waals surface area contributed by atoms with E-state index in [1.807, 2.05) is 0 Å². The second-order valence-electron chi connectivity index (χ2n) is 4.74. The molecule has 6 nitrogen and oxygen atoms in total. The molecule has 0 aromatic rings. The second kappa shape index (κ2) is 18.3. The smallest absolute Gasteiger partial charge is 0.137 e. The van der Waals surface area contributed by atoms with E-state index in [0.29, 0.717) is 0 Å². The van der Waals surface area contributed by atoms with Crippen LogP contribution in [0.5, 0.6) is 0 Å². The fourth-order valence-corrected chi connectivity index (χ4v) is 1.05. The van der Waals surface area contributed by atoms with E-state index in [-0.39, 0.29) is 91.3 Å². The summed E-state index contributed by atoms with van der Waals surface area (Å²) in [6.45, 7) is 8.42. The van der Waals surface area contributed by atoms with Crippen LogP contribution in [0.25, 0.3) is 0 Å². The van der Waals surface area contributed by atoms with Gasteiger partial charge in [-0.1, -0.05) is 0 Å². The van der Waals surface area contributed by atoms with Crippen molar-refractivity contribution in [3.8, 4) is 0 Å². The number of ketones is 6. The summed E-state index contributed by atoms with van der Waals surface area (Å²) in [5, 5.41) is 0.